The molecule has 162 valence electrons. The van der Waals surface area contributed by atoms with Gasteiger partial charge in [-0.2, -0.15) is 0 Å². The minimum Gasteiger partial charge on any atom is -0.392 e. The molecule has 0 bridgehead atoms. The highest BCUT2D eigenvalue weighted by Crippen LogP contribution is 2.50. The van der Waals surface area contributed by atoms with E-state index in [9.17, 15) is 15.0 Å². The summed E-state index contributed by atoms with van der Waals surface area (Å²) in [5.41, 5.74) is 1.48. The van der Waals surface area contributed by atoms with Crippen LogP contribution in [-0.2, 0) is 4.79 Å². The molecular formula is C25H39NO3. The molecule has 0 heterocycles. The Morgan fingerprint density at radius 2 is 2.17 bits per heavy atom. The highest BCUT2D eigenvalue weighted by Gasteiger charge is 2.44. The van der Waals surface area contributed by atoms with E-state index in [1.54, 1.807) is 0 Å². The molecule has 0 unspecified atom stereocenters. The van der Waals surface area contributed by atoms with Crippen LogP contribution in [0.2, 0.25) is 0 Å². The summed E-state index contributed by atoms with van der Waals surface area (Å²) in [4.78, 5) is 11.7. The zero-order valence-corrected chi connectivity index (χ0v) is 18.4. The maximum Gasteiger partial charge on any atom is 0.220 e. The lowest BCUT2D eigenvalue weighted by Crippen LogP contribution is -2.23. The largest absolute Gasteiger partial charge is 0.392 e. The third-order valence-electron chi connectivity index (χ3n) is 6.44. The number of amides is 1. The van der Waals surface area contributed by atoms with Gasteiger partial charge in [-0.05, 0) is 63.2 Å². The van der Waals surface area contributed by atoms with Crippen molar-refractivity contribution in [3.63, 3.8) is 0 Å². The van der Waals surface area contributed by atoms with Crippen molar-refractivity contribution in [1.82, 2.24) is 5.32 Å². The SMILES string of the molecule is CC#CC[C@H](C)[C@H](O)/C=C/[C@@H]1[C@H]2C/C(=C/CCCC(=O)NCCC)C[C@H]2C[C@H]1O. The second kappa shape index (κ2) is 12.2. The number of nitrogens with one attached hydrogen (secondary N) is 1. The Balaban J connectivity index is 1.82. The van der Waals surface area contributed by atoms with Gasteiger partial charge in [0.15, 0.2) is 0 Å². The molecule has 29 heavy (non-hydrogen) atoms. The summed E-state index contributed by atoms with van der Waals surface area (Å²) >= 11 is 0. The van der Waals surface area contributed by atoms with Crippen LogP contribution >= 0.6 is 0 Å². The minimum atomic E-state index is -0.516. The topological polar surface area (TPSA) is 69.6 Å². The van der Waals surface area contributed by atoms with E-state index in [1.807, 2.05) is 19.9 Å². The molecule has 0 aromatic heterocycles. The number of rotatable bonds is 10. The second-order valence-electron chi connectivity index (χ2n) is 8.80. The van der Waals surface area contributed by atoms with Gasteiger partial charge in [0.2, 0.25) is 5.91 Å². The molecular weight excluding hydrogens is 362 g/mol. The van der Waals surface area contributed by atoms with Gasteiger partial charge in [-0.3, -0.25) is 4.79 Å². The predicted octanol–water partition coefficient (Wildman–Crippen LogP) is 3.98. The number of carbonyl (C=O) groups is 1. The van der Waals surface area contributed by atoms with Crippen LogP contribution in [-0.4, -0.2) is 34.9 Å². The molecule has 1 amide bonds. The highest BCUT2D eigenvalue weighted by atomic mass is 16.3. The fraction of sp³-hybridized carbons (Fsp3) is 0.720. The van der Waals surface area contributed by atoms with Gasteiger partial charge >= 0.3 is 0 Å². The van der Waals surface area contributed by atoms with Crippen molar-refractivity contribution in [2.45, 2.75) is 84.3 Å². The predicted molar refractivity (Wildman–Crippen MR) is 118 cm³/mol. The molecule has 6 atom stereocenters. The first-order valence-corrected chi connectivity index (χ1v) is 11.3. The van der Waals surface area contributed by atoms with Gasteiger partial charge in [0.25, 0.3) is 0 Å². The first kappa shape index (κ1) is 23.7. The average molecular weight is 402 g/mol. The lowest BCUT2D eigenvalue weighted by molar-refractivity contribution is -0.121. The fourth-order valence-corrected chi connectivity index (χ4v) is 4.68. The number of carbonyl (C=O) groups excluding carboxylic acids is 1. The smallest absolute Gasteiger partial charge is 0.220 e. The summed E-state index contributed by atoms with van der Waals surface area (Å²) in [5, 5.41) is 23.8. The van der Waals surface area contributed by atoms with E-state index in [0.29, 0.717) is 24.7 Å². The third kappa shape index (κ3) is 7.32. The van der Waals surface area contributed by atoms with Gasteiger partial charge in [-0.15, -0.1) is 11.8 Å². The van der Waals surface area contributed by atoms with Crippen LogP contribution in [0.4, 0.5) is 0 Å². The summed E-state index contributed by atoms with van der Waals surface area (Å²) in [7, 11) is 0. The van der Waals surface area contributed by atoms with Gasteiger partial charge in [-0.1, -0.05) is 37.6 Å². The fourth-order valence-electron chi connectivity index (χ4n) is 4.68. The quantitative estimate of drug-likeness (QED) is 0.295. The lowest BCUT2D eigenvalue weighted by Gasteiger charge is -2.19. The van der Waals surface area contributed by atoms with Crippen molar-refractivity contribution in [2.75, 3.05) is 6.54 Å². The Bertz CT molecular complexity index is 642. The molecule has 2 fully saturated rings. The average Bonchev–Trinajstić information content (AvgIpc) is 3.22. The molecule has 2 rings (SSSR count). The van der Waals surface area contributed by atoms with Crippen LogP contribution in [0.15, 0.2) is 23.8 Å². The second-order valence-corrected chi connectivity index (χ2v) is 8.80. The van der Waals surface area contributed by atoms with Crippen molar-refractivity contribution in [3.05, 3.63) is 23.8 Å². The first-order chi connectivity index (χ1) is 14.0. The summed E-state index contributed by atoms with van der Waals surface area (Å²) in [5.74, 6) is 7.29. The number of hydrogen-bond acceptors (Lipinski definition) is 3. The van der Waals surface area contributed by atoms with Gasteiger partial charge in [0.1, 0.15) is 0 Å². The monoisotopic (exact) mass is 401 g/mol. The number of unbranched alkanes of at least 4 members (excludes halogenated alkanes) is 1. The van der Waals surface area contributed by atoms with Crippen molar-refractivity contribution >= 4 is 5.91 Å². The Morgan fingerprint density at radius 3 is 2.90 bits per heavy atom. The van der Waals surface area contributed by atoms with E-state index in [2.05, 4.69) is 36.2 Å². The van der Waals surface area contributed by atoms with Crippen LogP contribution in [0.25, 0.3) is 0 Å². The van der Waals surface area contributed by atoms with Crippen LogP contribution in [0.3, 0.4) is 0 Å². The number of aliphatic hydroxyl groups excluding tert-OH is 2. The normalized spacial score (nSPS) is 29.5. The van der Waals surface area contributed by atoms with Crippen LogP contribution in [0.5, 0.6) is 0 Å². The van der Waals surface area contributed by atoms with Crippen molar-refractivity contribution < 1.29 is 15.0 Å². The third-order valence-corrected chi connectivity index (χ3v) is 6.44. The molecule has 0 saturated heterocycles. The molecule has 0 aromatic rings. The first-order valence-electron chi connectivity index (χ1n) is 11.3. The van der Waals surface area contributed by atoms with E-state index >= 15 is 0 Å². The number of fused-ring (bicyclic) bond motifs is 1. The van der Waals surface area contributed by atoms with Gasteiger partial charge in [0, 0.05) is 25.3 Å². The molecule has 0 aromatic carbocycles. The molecule has 4 nitrogen and oxygen atoms in total. The van der Waals surface area contributed by atoms with E-state index in [-0.39, 0.29) is 23.8 Å². The summed E-state index contributed by atoms with van der Waals surface area (Å²) < 4.78 is 0. The van der Waals surface area contributed by atoms with E-state index in [0.717, 1.165) is 45.1 Å². The van der Waals surface area contributed by atoms with E-state index < -0.39 is 6.10 Å². The molecule has 4 heteroatoms. The Labute approximate surface area is 176 Å². The zero-order valence-electron chi connectivity index (χ0n) is 18.4. The number of aliphatic hydroxyl groups is 2. The maximum atomic E-state index is 11.7. The zero-order chi connectivity index (χ0) is 21.2. The summed E-state index contributed by atoms with van der Waals surface area (Å²) in [6, 6.07) is 0. The molecule has 2 aliphatic rings. The summed E-state index contributed by atoms with van der Waals surface area (Å²) in [6.07, 6.45) is 12.5. The minimum absolute atomic E-state index is 0.0987. The van der Waals surface area contributed by atoms with Crippen LogP contribution in [0.1, 0.15) is 72.1 Å². The van der Waals surface area contributed by atoms with Gasteiger partial charge in [0.05, 0.1) is 12.2 Å². The standard InChI is InChI=1S/C25H39NO3/c1-4-6-9-18(3)23(27)13-12-21-22-16-19(15-20(22)17-24(21)28)10-7-8-11-25(29)26-14-5-2/h10,12-13,18,20-24,27-28H,5,7-9,11,14-17H2,1-3H3,(H,26,29)/b13-12+,19-10+/t18-,20-,21+,22-,23+,24+/m0/s1. The van der Waals surface area contributed by atoms with Gasteiger partial charge < -0.3 is 15.5 Å². The summed E-state index contributed by atoms with van der Waals surface area (Å²) in [6.45, 7) is 6.64. The highest BCUT2D eigenvalue weighted by molar-refractivity contribution is 5.75. The Hall–Kier alpha value is -1.57. The molecule has 0 radical (unpaired) electrons. The van der Waals surface area contributed by atoms with Crippen molar-refractivity contribution in [1.29, 1.82) is 0 Å². The molecule has 0 spiro atoms. The molecule has 2 aliphatic carbocycles. The number of allylic oxidation sites excluding steroid dienone is 2. The van der Waals surface area contributed by atoms with Crippen LogP contribution < -0.4 is 5.32 Å². The van der Waals surface area contributed by atoms with Crippen molar-refractivity contribution in [2.24, 2.45) is 23.7 Å². The van der Waals surface area contributed by atoms with Gasteiger partial charge in [-0.25, -0.2) is 0 Å². The van der Waals surface area contributed by atoms with E-state index in [4.69, 9.17) is 0 Å². The molecule has 2 saturated carbocycles. The maximum absolute atomic E-state index is 11.7. The van der Waals surface area contributed by atoms with Crippen LogP contribution in [0, 0.1) is 35.5 Å². The molecule has 0 aliphatic heterocycles. The molecule has 3 N–H and O–H groups in total. The lowest BCUT2D eigenvalue weighted by atomic mass is 9.89. The number of hydrogen-bond donors (Lipinski definition) is 3. The Kier molecular flexibility index (Phi) is 9.97. The van der Waals surface area contributed by atoms with Crippen molar-refractivity contribution in [3.8, 4) is 11.8 Å². The Morgan fingerprint density at radius 1 is 1.38 bits per heavy atom. The van der Waals surface area contributed by atoms with E-state index in [1.165, 1.54) is 5.57 Å².